The maximum atomic E-state index is 12.7. The Morgan fingerprint density at radius 2 is 2.00 bits per heavy atom. The van der Waals surface area contributed by atoms with Gasteiger partial charge in [-0.2, -0.15) is 4.31 Å². The van der Waals surface area contributed by atoms with Crippen molar-refractivity contribution in [3.8, 4) is 0 Å². The van der Waals surface area contributed by atoms with Crippen molar-refractivity contribution < 1.29 is 18.0 Å². The van der Waals surface area contributed by atoms with Crippen LogP contribution in [0.4, 0.5) is 4.39 Å². The van der Waals surface area contributed by atoms with Crippen molar-refractivity contribution in [2.75, 3.05) is 13.6 Å². The molecule has 0 saturated carbocycles. The van der Waals surface area contributed by atoms with Crippen LogP contribution in [0.15, 0.2) is 34.3 Å². The minimum atomic E-state index is -3.77. The van der Waals surface area contributed by atoms with Crippen molar-refractivity contribution in [1.29, 1.82) is 0 Å². The average molecular weight is 261 g/mol. The number of rotatable bonds is 4. The molecule has 0 aliphatic carbocycles. The second kappa shape index (κ2) is 5.11. The molecule has 6 nitrogen and oxygen atoms in total. The number of hydrogen-bond donors (Lipinski definition) is 2. The molecule has 0 atom stereocenters. The van der Waals surface area contributed by atoms with Crippen molar-refractivity contribution >= 4 is 15.9 Å². The Bertz CT molecular complexity index is 513. The van der Waals surface area contributed by atoms with Crippen LogP contribution in [0.3, 0.4) is 0 Å². The van der Waals surface area contributed by atoms with Crippen molar-refractivity contribution in [2.24, 2.45) is 10.9 Å². The van der Waals surface area contributed by atoms with Crippen LogP contribution in [0.2, 0.25) is 0 Å². The van der Waals surface area contributed by atoms with E-state index in [4.69, 9.17) is 10.9 Å². The topological polar surface area (TPSA) is 96.0 Å². The molecular weight excluding hydrogens is 249 g/mol. The van der Waals surface area contributed by atoms with E-state index in [1.54, 1.807) is 0 Å². The van der Waals surface area contributed by atoms with Crippen molar-refractivity contribution in [3.05, 3.63) is 30.1 Å². The van der Waals surface area contributed by atoms with Gasteiger partial charge in [0.25, 0.3) is 0 Å². The third-order valence-electron chi connectivity index (χ3n) is 2.03. The molecule has 0 aliphatic rings. The molecule has 0 radical (unpaired) electrons. The number of amidine groups is 1. The highest BCUT2D eigenvalue weighted by atomic mass is 32.2. The molecule has 0 fully saturated rings. The van der Waals surface area contributed by atoms with E-state index in [1.165, 1.54) is 7.05 Å². The monoisotopic (exact) mass is 261 g/mol. The smallest absolute Gasteiger partial charge is 0.243 e. The standard InChI is InChI=1S/C9H12FN3O3S/c1-13(6-9(11)12-14)17(15,16)8-4-2-7(10)3-5-8/h2-5,14H,6H2,1H3,(H2,11,12). The van der Waals surface area contributed by atoms with Gasteiger partial charge < -0.3 is 10.9 Å². The Morgan fingerprint density at radius 1 is 1.47 bits per heavy atom. The van der Waals surface area contributed by atoms with Gasteiger partial charge in [-0.15, -0.1) is 0 Å². The van der Waals surface area contributed by atoms with E-state index in [1.807, 2.05) is 0 Å². The van der Waals surface area contributed by atoms with E-state index in [2.05, 4.69) is 5.16 Å². The molecule has 3 N–H and O–H groups in total. The van der Waals surface area contributed by atoms with Gasteiger partial charge in [0.15, 0.2) is 5.84 Å². The first-order valence-corrected chi connectivity index (χ1v) is 6.00. The van der Waals surface area contributed by atoms with E-state index >= 15 is 0 Å². The molecule has 0 heterocycles. The molecule has 0 amide bonds. The number of halogens is 1. The lowest BCUT2D eigenvalue weighted by Gasteiger charge is -2.16. The van der Waals surface area contributed by atoms with E-state index < -0.39 is 15.8 Å². The summed E-state index contributed by atoms with van der Waals surface area (Å²) >= 11 is 0. The van der Waals surface area contributed by atoms with Crippen LogP contribution in [0.25, 0.3) is 0 Å². The van der Waals surface area contributed by atoms with Gasteiger partial charge >= 0.3 is 0 Å². The summed E-state index contributed by atoms with van der Waals surface area (Å²) in [6.45, 7) is -0.254. The first-order valence-electron chi connectivity index (χ1n) is 4.56. The Morgan fingerprint density at radius 3 is 2.47 bits per heavy atom. The first kappa shape index (κ1) is 13.4. The van der Waals surface area contributed by atoms with E-state index in [9.17, 15) is 12.8 Å². The van der Waals surface area contributed by atoms with Gasteiger partial charge in [0.2, 0.25) is 10.0 Å². The lowest BCUT2D eigenvalue weighted by Crippen LogP contribution is -2.35. The van der Waals surface area contributed by atoms with Crippen LogP contribution in [-0.4, -0.2) is 37.4 Å². The van der Waals surface area contributed by atoms with Gasteiger partial charge in [-0.25, -0.2) is 12.8 Å². The fourth-order valence-electron chi connectivity index (χ4n) is 1.13. The maximum absolute atomic E-state index is 12.7. The molecule has 8 heteroatoms. The molecule has 17 heavy (non-hydrogen) atoms. The van der Waals surface area contributed by atoms with Crippen molar-refractivity contribution in [1.82, 2.24) is 4.31 Å². The van der Waals surface area contributed by atoms with Gasteiger partial charge in [-0.3, -0.25) is 0 Å². The normalized spacial score (nSPS) is 13.0. The van der Waals surface area contributed by atoms with Gasteiger partial charge in [0.1, 0.15) is 5.82 Å². The summed E-state index contributed by atoms with van der Waals surface area (Å²) in [5, 5.41) is 11.0. The quantitative estimate of drug-likeness (QED) is 0.350. The summed E-state index contributed by atoms with van der Waals surface area (Å²) < 4.78 is 37.4. The number of oxime groups is 1. The number of nitrogens with zero attached hydrogens (tertiary/aromatic N) is 2. The molecule has 1 aromatic carbocycles. The zero-order chi connectivity index (χ0) is 13.1. The number of nitrogens with two attached hydrogens (primary N) is 1. The predicted octanol–water partition coefficient (Wildman–Crippen LogP) is 0.193. The third-order valence-corrected chi connectivity index (χ3v) is 3.85. The Hall–Kier alpha value is -1.67. The first-order chi connectivity index (χ1) is 7.87. The second-order valence-corrected chi connectivity index (χ2v) is 5.35. The molecule has 0 saturated heterocycles. The van der Waals surface area contributed by atoms with Crippen LogP contribution in [0.1, 0.15) is 0 Å². The average Bonchev–Trinajstić information content (AvgIpc) is 2.29. The van der Waals surface area contributed by atoms with Crippen LogP contribution in [0, 0.1) is 5.82 Å². The molecule has 0 spiro atoms. The molecule has 94 valence electrons. The zero-order valence-electron chi connectivity index (χ0n) is 9.04. The number of benzene rings is 1. The predicted molar refractivity (Wildman–Crippen MR) is 59.6 cm³/mol. The Kier molecular flexibility index (Phi) is 4.02. The van der Waals surface area contributed by atoms with E-state index in [0.717, 1.165) is 28.6 Å². The summed E-state index contributed by atoms with van der Waals surface area (Å²) in [4.78, 5) is -0.0628. The maximum Gasteiger partial charge on any atom is 0.243 e. The molecule has 0 bridgehead atoms. The van der Waals surface area contributed by atoms with Crippen molar-refractivity contribution in [2.45, 2.75) is 4.90 Å². The van der Waals surface area contributed by atoms with Crippen LogP contribution in [-0.2, 0) is 10.0 Å². The summed E-state index contributed by atoms with van der Waals surface area (Å²) in [5.41, 5.74) is 5.21. The van der Waals surface area contributed by atoms with Crippen LogP contribution < -0.4 is 5.73 Å². The SMILES string of the molecule is CN(CC(N)=NO)S(=O)(=O)c1ccc(F)cc1. The minimum absolute atomic E-state index is 0.0628. The third kappa shape index (κ3) is 3.14. The Balaban J connectivity index is 2.99. The number of hydrogen-bond acceptors (Lipinski definition) is 4. The highest BCUT2D eigenvalue weighted by Gasteiger charge is 2.21. The summed E-state index contributed by atoms with van der Waals surface area (Å²) in [6.07, 6.45) is 0. The highest BCUT2D eigenvalue weighted by molar-refractivity contribution is 7.89. The molecule has 0 aliphatic heterocycles. The molecule has 1 aromatic rings. The summed E-state index contributed by atoms with van der Waals surface area (Å²) in [5.74, 6) is -0.763. The fraction of sp³-hybridized carbons (Fsp3) is 0.222. The summed E-state index contributed by atoms with van der Waals surface area (Å²) in [7, 11) is -2.49. The van der Waals surface area contributed by atoms with Crippen LogP contribution >= 0.6 is 0 Å². The second-order valence-electron chi connectivity index (χ2n) is 3.31. The number of likely N-dealkylation sites (N-methyl/N-ethyl adjacent to an activating group) is 1. The zero-order valence-corrected chi connectivity index (χ0v) is 9.85. The molecular formula is C9H12FN3O3S. The molecule has 0 aromatic heterocycles. The van der Waals surface area contributed by atoms with Gasteiger partial charge in [-0.05, 0) is 24.3 Å². The highest BCUT2D eigenvalue weighted by Crippen LogP contribution is 2.14. The van der Waals surface area contributed by atoms with Gasteiger partial charge in [0, 0.05) is 7.05 Å². The van der Waals surface area contributed by atoms with Gasteiger partial charge in [-0.1, -0.05) is 5.16 Å². The van der Waals surface area contributed by atoms with E-state index in [-0.39, 0.29) is 17.3 Å². The van der Waals surface area contributed by atoms with E-state index in [0.29, 0.717) is 0 Å². The molecule has 1 rings (SSSR count). The van der Waals surface area contributed by atoms with Crippen LogP contribution in [0.5, 0.6) is 0 Å². The largest absolute Gasteiger partial charge is 0.409 e. The Labute approximate surface area is 98.2 Å². The summed E-state index contributed by atoms with van der Waals surface area (Å²) in [6, 6.07) is 4.38. The fourth-order valence-corrected chi connectivity index (χ4v) is 2.27. The minimum Gasteiger partial charge on any atom is -0.409 e. The lowest BCUT2D eigenvalue weighted by atomic mass is 10.4. The lowest BCUT2D eigenvalue weighted by molar-refractivity contribution is 0.315. The number of sulfonamides is 1. The molecule has 0 unspecified atom stereocenters. The van der Waals surface area contributed by atoms with Crippen molar-refractivity contribution in [3.63, 3.8) is 0 Å². The van der Waals surface area contributed by atoms with Gasteiger partial charge in [0.05, 0.1) is 11.4 Å².